The van der Waals surface area contributed by atoms with Crippen LogP contribution in [0.4, 0.5) is 27.7 Å². The van der Waals surface area contributed by atoms with Crippen LogP contribution in [-0.4, -0.2) is 44.9 Å². The van der Waals surface area contributed by atoms with Gasteiger partial charge < -0.3 is 25.6 Å². The fourth-order valence-corrected chi connectivity index (χ4v) is 5.40. The second kappa shape index (κ2) is 13.9. The second-order valence-electron chi connectivity index (χ2n) is 11.4. The number of halogens is 1. The van der Waals surface area contributed by atoms with E-state index >= 15 is 0 Å². The van der Waals surface area contributed by atoms with Gasteiger partial charge >= 0.3 is 6.03 Å². The standard InChI is InChI=1S/C35H34BrN7O3/c1-22(2)29-16-15-28-32(41-29)37-21-38-33(28)42-30-20-23(34(44)39-25-9-7-24(36)8-10-25)6-17-31(30)46-27-13-11-26(12-14-27)40-35(45)43-18-4-3-5-19-43/h6-17,20-22H,3-5,18-19H2,1-2H3,(H,39,44)(H,40,45)(H,37,38,41,42). The Balaban J connectivity index is 1.27. The highest BCUT2D eigenvalue weighted by Gasteiger charge is 2.18. The summed E-state index contributed by atoms with van der Waals surface area (Å²) in [7, 11) is 0. The van der Waals surface area contributed by atoms with Crippen molar-refractivity contribution in [3.05, 3.63) is 101 Å². The third-order valence-electron chi connectivity index (χ3n) is 7.68. The molecule has 0 radical (unpaired) electrons. The van der Waals surface area contributed by atoms with Crippen molar-refractivity contribution >= 4 is 61.8 Å². The molecule has 1 aliphatic rings. The Morgan fingerprint density at radius 2 is 1.57 bits per heavy atom. The number of aromatic nitrogens is 3. The first kappa shape index (κ1) is 31.0. The number of nitrogens with zero attached hydrogens (tertiary/aromatic N) is 4. The number of nitrogens with one attached hydrogen (secondary N) is 3. The maximum atomic E-state index is 13.3. The lowest BCUT2D eigenvalue weighted by molar-refractivity contribution is 0.102. The minimum Gasteiger partial charge on any atom is -0.455 e. The number of benzene rings is 3. The molecule has 46 heavy (non-hydrogen) atoms. The maximum Gasteiger partial charge on any atom is 0.321 e. The van der Waals surface area contributed by atoms with Gasteiger partial charge in [-0.3, -0.25) is 4.79 Å². The molecule has 3 N–H and O–H groups in total. The highest BCUT2D eigenvalue weighted by Crippen LogP contribution is 2.35. The van der Waals surface area contributed by atoms with E-state index in [9.17, 15) is 9.59 Å². The van der Waals surface area contributed by atoms with Crippen LogP contribution in [0.15, 0.2) is 89.7 Å². The average molecular weight is 681 g/mol. The lowest BCUT2D eigenvalue weighted by Crippen LogP contribution is -2.38. The molecule has 0 spiro atoms. The van der Waals surface area contributed by atoms with Crippen molar-refractivity contribution in [2.75, 3.05) is 29.0 Å². The second-order valence-corrected chi connectivity index (χ2v) is 12.3. The van der Waals surface area contributed by atoms with Crippen LogP contribution in [0, 0.1) is 0 Å². The van der Waals surface area contributed by atoms with Crippen molar-refractivity contribution in [2.45, 2.75) is 39.0 Å². The molecule has 3 amide bonds. The lowest BCUT2D eigenvalue weighted by atomic mass is 10.1. The lowest BCUT2D eigenvalue weighted by Gasteiger charge is -2.26. The summed E-state index contributed by atoms with van der Waals surface area (Å²) in [5, 5.41) is 10.00. The summed E-state index contributed by atoms with van der Waals surface area (Å²) in [4.78, 5) is 41.3. The Morgan fingerprint density at radius 1 is 0.848 bits per heavy atom. The molecule has 0 atom stereocenters. The summed E-state index contributed by atoms with van der Waals surface area (Å²) in [5.74, 6) is 1.53. The molecule has 5 aromatic rings. The molecule has 1 saturated heterocycles. The molecular weight excluding hydrogens is 646 g/mol. The highest BCUT2D eigenvalue weighted by molar-refractivity contribution is 9.10. The maximum absolute atomic E-state index is 13.3. The van der Waals surface area contributed by atoms with Crippen LogP contribution in [0.5, 0.6) is 11.5 Å². The van der Waals surface area contributed by atoms with Gasteiger partial charge in [0.1, 0.15) is 17.9 Å². The van der Waals surface area contributed by atoms with E-state index in [4.69, 9.17) is 9.72 Å². The van der Waals surface area contributed by atoms with Crippen LogP contribution >= 0.6 is 15.9 Å². The number of likely N-dealkylation sites (tertiary alicyclic amines) is 1. The van der Waals surface area contributed by atoms with Gasteiger partial charge in [0.15, 0.2) is 11.4 Å². The summed E-state index contributed by atoms with van der Waals surface area (Å²) in [6, 6.07) is 23.6. The fourth-order valence-electron chi connectivity index (χ4n) is 5.13. The van der Waals surface area contributed by atoms with E-state index in [1.165, 1.54) is 6.33 Å². The van der Waals surface area contributed by atoms with Crippen LogP contribution in [0.1, 0.15) is 55.1 Å². The van der Waals surface area contributed by atoms with E-state index in [0.29, 0.717) is 45.6 Å². The SMILES string of the molecule is CC(C)c1ccc2c(Nc3cc(C(=O)Nc4ccc(Br)cc4)ccc3Oc3ccc(NC(=O)N4CCCCC4)cc3)ncnc2n1. The van der Waals surface area contributed by atoms with Crippen LogP contribution < -0.4 is 20.7 Å². The molecule has 0 unspecified atom stereocenters. The van der Waals surface area contributed by atoms with Gasteiger partial charge in [-0.05, 0) is 104 Å². The molecule has 3 aromatic carbocycles. The summed E-state index contributed by atoms with van der Waals surface area (Å²) in [5.41, 5.74) is 3.80. The van der Waals surface area contributed by atoms with Crippen LogP contribution in [-0.2, 0) is 0 Å². The molecule has 234 valence electrons. The molecule has 1 fully saturated rings. The Labute approximate surface area is 275 Å². The van der Waals surface area contributed by atoms with E-state index in [1.807, 2.05) is 41.3 Å². The van der Waals surface area contributed by atoms with Gasteiger partial charge in [0.2, 0.25) is 0 Å². The zero-order valence-corrected chi connectivity index (χ0v) is 27.2. The Hall–Kier alpha value is -5.03. The topological polar surface area (TPSA) is 121 Å². The Morgan fingerprint density at radius 3 is 2.30 bits per heavy atom. The number of rotatable bonds is 8. The number of anilines is 4. The molecule has 11 heteroatoms. The molecule has 10 nitrogen and oxygen atoms in total. The number of carbonyl (C=O) groups excluding carboxylic acids is 2. The first-order chi connectivity index (χ1) is 22.3. The smallest absolute Gasteiger partial charge is 0.321 e. The quantitative estimate of drug-likeness (QED) is 0.150. The van der Waals surface area contributed by atoms with Crippen LogP contribution in [0.3, 0.4) is 0 Å². The minimum atomic E-state index is -0.276. The number of piperidine rings is 1. The van der Waals surface area contributed by atoms with Gasteiger partial charge in [-0.1, -0.05) is 29.8 Å². The molecule has 1 aliphatic heterocycles. The van der Waals surface area contributed by atoms with Gasteiger partial charge in [-0.25, -0.2) is 19.7 Å². The van der Waals surface area contributed by atoms with Gasteiger partial charge in [-0.2, -0.15) is 0 Å². The van der Waals surface area contributed by atoms with Crippen molar-refractivity contribution in [1.29, 1.82) is 0 Å². The van der Waals surface area contributed by atoms with Crippen molar-refractivity contribution in [2.24, 2.45) is 0 Å². The fraction of sp³-hybridized carbons (Fsp3) is 0.229. The number of hydrogen-bond donors (Lipinski definition) is 3. The van der Waals surface area contributed by atoms with E-state index in [1.54, 1.807) is 42.5 Å². The normalized spacial score (nSPS) is 13.0. The molecular formula is C35H34BrN7O3. The van der Waals surface area contributed by atoms with Crippen molar-refractivity contribution in [1.82, 2.24) is 19.9 Å². The average Bonchev–Trinajstić information content (AvgIpc) is 3.07. The molecule has 6 rings (SSSR count). The summed E-state index contributed by atoms with van der Waals surface area (Å²) < 4.78 is 7.22. The summed E-state index contributed by atoms with van der Waals surface area (Å²) in [6.45, 7) is 5.71. The van der Waals surface area contributed by atoms with Gasteiger partial charge in [0, 0.05) is 40.2 Å². The van der Waals surface area contributed by atoms with Crippen LogP contribution in [0.2, 0.25) is 0 Å². The number of hydrogen-bond acceptors (Lipinski definition) is 7. The predicted molar refractivity (Wildman–Crippen MR) is 184 cm³/mol. The van der Waals surface area contributed by atoms with Gasteiger partial charge in [-0.15, -0.1) is 0 Å². The summed E-state index contributed by atoms with van der Waals surface area (Å²) in [6.07, 6.45) is 4.68. The zero-order chi connectivity index (χ0) is 32.0. The van der Waals surface area contributed by atoms with Crippen molar-refractivity contribution < 1.29 is 14.3 Å². The van der Waals surface area contributed by atoms with E-state index in [2.05, 4.69) is 55.7 Å². The number of urea groups is 1. The molecule has 0 saturated carbocycles. The predicted octanol–water partition coefficient (Wildman–Crippen LogP) is 8.72. The Kier molecular flexibility index (Phi) is 9.39. The van der Waals surface area contributed by atoms with Gasteiger partial charge in [0.05, 0.1) is 11.1 Å². The highest BCUT2D eigenvalue weighted by atomic mass is 79.9. The zero-order valence-electron chi connectivity index (χ0n) is 25.6. The van der Waals surface area contributed by atoms with Gasteiger partial charge in [0.25, 0.3) is 5.91 Å². The minimum absolute atomic E-state index is 0.0936. The third kappa shape index (κ3) is 7.43. The molecule has 0 aliphatic carbocycles. The number of fused-ring (bicyclic) bond motifs is 1. The van der Waals surface area contributed by atoms with Crippen molar-refractivity contribution in [3.63, 3.8) is 0 Å². The largest absolute Gasteiger partial charge is 0.455 e. The van der Waals surface area contributed by atoms with E-state index < -0.39 is 0 Å². The number of amides is 3. The van der Waals surface area contributed by atoms with Crippen LogP contribution in [0.25, 0.3) is 11.0 Å². The Bertz CT molecular complexity index is 1860. The van der Waals surface area contributed by atoms with E-state index in [-0.39, 0.29) is 17.9 Å². The number of ether oxygens (including phenoxy) is 1. The first-order valence-electron chi connectivity index (χ1n) is 15.3. The monoisotopic (exact) mass is 679 g/mol. The summed E-state index contributed by atoms with van der Waals surface area (Å²) >= 11 is 3.42. The number of carbonyl (C=O) groups is 2. The van der Waals surface area contributed by atoms with E-state index in [0.717, 1.165) is 47.9 Å². The van der Waals surface area contributed by atoms with Crippen molar-refractivity contribution in [3.8, 4) is 11.5 Å². The number of pyridine rings is 1. The molecule has 0 bridgehead atoms. The molecule has 2 aromatic heterocycles. The molecule has 3 heterocycles. The third-order valence-corrected chi connectivity index (χ3v) is 8.21. The first-order valence-corrected chi connectivity index (χ1v) is 16.1.